The first-order chi connectivity index (χ1) is 14.9. The number of hydrogen-bond donors (Lipinski definition) is 1. The van der Waals surface area contributed by atoms with Gasteiger partial charge in [0.15, 0.2) is 5.16 Å². The lowest BCUT2D eigenvalue weighted by Gasteiger charge is -2.19. The fraction of sp³-hybridized carbons (Fsp3) is 0.286. The van der Waals surface area contributed by atoms with Crippen molar-refractivity contribution in [3.63, 3.8) is 0 Å². The van der Waals surface area contributed by atoms with Gasteiger partial charge in [-0.25, -0.2) is 8.78 Å². The normalized spacial score (nSPS) is 14.6. The molecule has 0 radical (unpaired) electrons. The molecule has 1 aliphatic heterocycles. The van der Waals surface area contributed by atoms with Crippen LogP contribution in [0.4, 0.5) is 20.4 Å². The monoisotopic (exact) mass is 463 g/mol. The van der Waals surface area contributed by atoms with E-state index in [-0.39, 0.29) is 5.69 Å². The number of amides is 1. The minimum Gasteiger partial charge on any atom is -0.341 e. The van der Waals surface area contributed by atoms with Crippen LogP contribution >= 0.6 is 23.4 Å². The molecule has 1 aromatic heterocycles. The van der Waals surface area contributed by atoms with E-state index >= 15 is 0 Å². The number of rotatable bonds is 6. The number of hydrogen-bond acceptors (Lipinski definition) is 5. The van der Waals surface area contributed by atoms with Gasteiger partial charge in [0.05, 0.1) is 21.6 Å². The highest BCUT2D eigenvalue weighted by Gasteiger charge is 2.26. The summed E-state index contributed by atoms with van der Waals surface area (Å²) in [7, 11) is 0. The molecule has 1 atom stereocenters. The Kier molecular flexibility index (Phi) is 6.43. The molecule has 2 aromatic carbocycles. The number of benzene rings is 2. The fourth-order valence-electron chi connectivity index (χ4n) is 3.34. The molecule has 0 spiro atoms. The van der Waals surface area contributed by atoms with Crippen molar-refractivity contribution in [3.8, 4) is 5.69 Å². The second-order valence-electron chi connectivity index (χ2n) is 7.14. The zero-order valence-electron chi connectivity index (χ0n) is 16.7. The van der Waals surface area contributed by atoms with Gasteiger partial charge < -0.3 is 10.2 Å². The van der Waals surface area contributed by atoms with E-state index in [1.807, 2.05) is 22.8 Å². The number of aromatic nitrogens is 3. The Morgan fingerprint density at radius 1 is 1.16 bits per heavy atom. The number of nitrogens with one attached hydrogen (secondary N) is 1. The first-order valence-corrected chi connectivity index (χ1v) is 11.1. The quantitative estimate of drug-likeness (QED) is 0.526. The molecule has 1 aliphatic rings. The van der Waals surface area contributed by atoms with Gasteiger partial charge in [-0.2, -0.15) is 0 Å². The largest absolute Gasteiger partial charge is 0.341 e. The summed E-state index contributed by atoms with van der Waals surface area (Å²) < 4.78 is 29.1. The molecule has 4 rings (SSSR count). The molecule has 1 unspecified atom stereocenters. The molecule has 1 fully saturated rings. The highest BCUT2D eigenvalue weighted by Crippen LogP contribution is 2.33. The number of carbonyl (C=O) groups is 1. The summed E-state index contributed by atoms with van der Waals surface area (Å²) in [5.41, 5.74) is 0.505. The highest BCUT2D eigenvalue weighted by atomic mass is 35.5. The van der Waals surface area contributed by atoms with Gasteiger partial charge in [-0.05, 0) is 44.0 Å². The van der Waals surface area contributed by atoms with Crippen molar-refractivity contribution < 1.29 is 13.6 Å². The van der Waals surface area contributed by atoms with Gasteiger partial charge in [0.2, 0.25) is 11.9 Å². The maximum Gasteiger partial charge on any atom is 0.237 e. The number of carbonyl (C=O) groups excluding carboxylic acids is 1. The van der Waals surface area contributed by atoms with Gasteiger partial charge >= 0.3 is 0 Å². The third kappa shape index (κ3) is 4.67. The predicted molar refractivity (Wildman–Crippen MR) is 118 cm³/mol. The summed E-state index contributed by atoms with van der Waals surface area (Å²) in [6.45, 7) is 3.39. The lowest BCUT2D eigenvalue weighted by molar-refractivity contribution is -0.115. The van der Waals surface area contributed by atoms with Crippen LogP contribution in [0, 0.1) is 11.6 Å². The minimum atomic E-state index is -0.706. The first kappa shape index (κ1) is 21.6. The van der Waals surface area contributed by atoms with Crippen molar-refractivity contribution in [2.45, 2.75) is 30.2 Å². The maximum absolute atomic E-state index is 13.9. The van der Waals surface area contributed by atoms with Gasteiger partial charge in [0, 0.05) is 19.2 Å². The molecule has 0 aliphatic carbocycles. The van der Waals surface area contributed by atoms with Crippen molar-refractivity contribution in [1.29, 1.82) is 0 Å². The summed E-state index contributed by atoms with van der Waals surface area (Å²) in [6, 6.07) is 10.3. The van der Waals surface area contributed by atoms with E-state index in [4.69, 9.17) is 11.6 Å². The number of nitrogens with zero attached hydrogens (tertiary/aromatic N) is 4. The van der Waals surface area contributed by atoms with Crippen LogP contribution in [0.15, 0.2) is 47.6 Å². The van der Waals surface area contributed by atoms with Crippen LogP contribution in [0.1, 0.15) is 19.8 Å². The summed E-state index contributed by atoms with van der Waals surface area (Å²) in [5.74, 6) is -1.16. The van der Waals surface area contributed by atoms with Crippen LogP contribution in [0.25, 0.3) is 5.69 Å². The zero-order chi connectivity index (χ0) is 22.0. The average Bonchev–Trinajstić information content (AvgIpc) is 3.41. The van der Waals surface area contributed by atoms with E-state index in [1.165, 1.54) is 11.8 Å². The smallest absolute Gasteiger partial charge is 0.237 e. The van der Waals surface area contributed by atoms with Crippen LogP contribution in [-0.2, 0) is 4.79 Å². The Balaban J connectivity index is 1.61. The summed E-state index contributed by atoms with van der Waals surface area (Å²) in [6.07, 6.45) is 2.13. The molecule has 162 valence electrons. The van der Waals surface area contributed by atoms with Gasteiger partial charge in [0.25, 0.3) is 0 Å². The molecule has 2 heterocycles. The molecular weight excluding hydrogens is 444 g/mol. The highest BCUT2D eigenvalue weighted by molar-refractivity contribution is 8.00. The predicted octanol–water partition coefficient (Wildman–Crippen LogP) is 4.92. The fourth-order valence-corrected chi connectivity index (χ4v) is 4.42. The molecule has 1 saturated heterocycles. The van der Waals surface area contributed by atoms with Gasteiger partial charge in [0.1, 0.15) is 11.6 Å². The Labute approximate surface area is 187 Å². The second kappa shape index (κ2) is 9.23. The van der Waals surface area contributed by atoms with Gasteiger partial charge in [-0.1, -0.05) is 35.5 Å². The molecular formula is C21H20ClF2N5OS. The van der Waals surface area contributed by atoms with E-state index in [2.05, 4.69) is 20.4 Å². The second-order valence-corrected chi connectivity index (χ2v) is 8.85. The lowest BCUT2D eigenvalue weighted by atomic mass is 10.3. The summed E-state index contributed by atoms with van der Waals surface area (Å²) >= 11 is 7.61. The molecule has 0 bridgehead atoms. The standard InChI is InChI=1S/C21H20ClF2N5OS/c1-13(19(30)25-17-12-14(23)8-9-16(17)24)31-21-27-26-20(28-10-4-5-11-28)29(21)18-7-3-2-6-15(18)22/h2-3,6-9,12-13H,4-5,10-11H2,1H3,(H,25,30). The van der Waals surface area contributed by atoms with Crippen LogP contribution in [0.3, 0.4) is 0 Å². The van der Waals surface area contributed by atoms with Crippen LogP contribution in [0.2, 0.25) is 5.02 Å². The van der Waals surface area contributed by atoms with E-state index in [0.717, 1.165) is 44.1 Å². The molecule has 6 nitrogen and oxygen atoms in total. The Morgan fingerprint density at radius 2 is 1.90 bits per heavy atom. The van der Waals surface area contributed by atoms with Crippen molar-refractivity contribution in [2.75, 3.05) is 23.3 Å². The molecule has 3 aromatic rings. The Bertz CT molecular complexity index is 1100. The lowest BCUT2D eigenvalue weighted by Crippen LogP contribution is -2.24. The van der Waals surface area contributed by atoms with Crippen molar-refractivity contribution in [2.24, 2.45) is 0 Å². The summed E-state index contributed by atoms with van der Waals surface area (Å²) in [4.78, 5) is 14.8. The number of para-hydroxylation sites is 1. The molecule has 0 saturated carbocycles. The molecule has 10 heteroatoms. The third-order valence-electron chi connectivity index (χ3n) is 4.94. The third-order valence-corrected chi connectivity index (χ3v) is 6.30. The number of anilines is 2. The van der Waals surface area contributed by atoms with Gasteiger partial charge in [-0.15, -0.1) is 10.2 Å². The van der Waals surface area contributed by atoms with Crippen LogP contribution in [0.5, 0.6) is 0 Å². The zero-order valence-corrected chi connectivity index (χ0v) is 18.3. The van der Waals surface area contributed by atoms with Crippen molar-refractivity contribution >= 4 is 40.9 Å². The summed E-state index contributed by atoms with van der Waals surface area (Å²) in [5, 5.41) is 11.5. The van der Waals surface area contributed by atoms with E-state index < -0.39 is 22.8 Å². The topological polar surface area (TPSA) is 63.1 Å². The molecule has 1 N–H and O–H groups in total. The van der Waals surface area contributed by atoms with E-state index in [0.29, 0.717) is 21.8 Å². The first-order valence-electron chi connectivity index (χ1n) is 9.82. The van der Waals surface area contributed by atoms with E-state index in [9.17, 15) is 13.6 Å². The van der Waals surface area contributed by atoms with Crippen LogP contribution < -0.4 is 10.2 Å². The number of thioether (sulfide) groups is 1. The average molecular weight is 464 g/mol. The number of halogens is 3. The molecule has 1 amide bonds. The van der Waals surface area contributed by atoms with E-state index in [1.54, 1.807) is 13.0 Å². The SMILES string of the molecule is CC(Sc1nnc(N2CCCC2)n1-c1ccccc1Cl)C(=O)Nc1cc(F)ccc1F. The molecule has 31 heavy (non-hydrogen) atoms. The Hall–Kier alpha value is -2.65. The minimum absolute atomic E-state index is 0.206. The van der Waals surface area contributed by atoms with Crippen molar-refractivity contribution in [1.82, 2.24) is 14.8 Å². The Morgan fingerprint density at radius 3 is 2.65 bits per heavy atom. The van der Waals surface area contributed by atoms with Crippen molar-refractivity contribution in [3.05, 3.63) is 59.1 Å². The van der Waals surface area contributed by atoms with Gasteiger partial charge in [-0.3, -0.25) is 9.36 Å². The maximum atomic E-state index is 13.9. The van der Waals surface area contributed by atoms with Crippen LogP contribution in [-0.4, -0.2) is 39.0 Å².